The molecule has 1 amide bonds. The molecule has 5 nitrogen and oxygen atoms in total. The van der Waals surface area contributed by atoms with E-state index in [1.54, 1.807) is 0 Å². The number of rotatable bonds is 5. The molecular weight excluding hydrogens is 316 g/mol. The number of morpholine rings is 1. The molecule has 0 saturated carbocycles. The number of aryl methyl sites for hydroxylation is 2. The van der Waals surface area contributed by atoms with Gasteiger partial charge in [-0.3, -0.25) is 4.79 Å². The third-order valence-electron chi connectivity index (χ3n) is 4.23. The maximum Gasteiger partial charge on any atom is 0.262 e. The van der Waals surface area contributed by atoms with E-state index in [4.69, 9.17) is 9.47 Å². The molecule has 0 aromatic heterocycles. The number of anilines is 2. The smallest absolute Gasteiger partial charge is 0.262 e. The fourth-order valence-electron chi connectivity index (χ4n) is 2.85. The molecule has 1 heterocycles. The molecule has 1 aliphatic heterocycles. The van der Waals surface area contributed by atoms with Crippen molar-refractivity contribution in [3.8, 4) is 5.75 Å². The highest BCUT2D eigenvalue weighted by molar-refractivity contribution is 5.95. The monoisotopic (exact) mass is 340 g/mol. The van der Waals surface area contributed by atoms with E-state index in [0.29, 0.717) is 13.2 Å². The number of hydrogen-bond donors (Lipinski definition) is 1. The first kappa shape index (κ1) is 17.3. The van der Waals surface area contributed by atoms with Crippen LogP contribution in [-0.4, -0.2) is 38.8 Å². The van der Waals surface area contributed by atoms with Crippen LogP contribution in [0.15, 0.2) is 42.5 Å². The number of para-hydroxylation sites is 2. The minimum atomic E-state index is -0.165. The summed E-state index contributed by atoms with van der Waals surface area (Å²) in [7, 11) is 0. The van der Waals surface area contributed by atoms with Crippen molar-refractivity contribution in [3.63, 3.8) is 0 Å². The number of hydrogen-bond acceptors (Lipinski definition) is 4. The fraction of sp³-hybridized carbons (Fsp3) is 0.350. The van der Waals surface area contributed by atoms with Gasteiger partial charge in [-0.25, -0.2) is 0 Å². The third kappa shape index (κ3) is 4.51. The molecule has 0 aliphatic carbocycles. The molecule has 0 radical (unpaired) electrons. The van der Waals surface area contributed by atoms with Crippen LogP contribution in [0, 0.1) is 13.8 Å². The maximum absolute atomic E-state index is 12.3. The Bertz CT molecular complexity index is 739. The van der Waals surface area contributed by atoms with Crippen LogP contribution in [0.2, 0.25) is 0 Å². The summed E-state index contributed by atoms with van der Waals surface area (Å²) in [5, 5.41) is 2.97. The number of ether oxygens (including phenoxy) is 2. The van der Waals surface area contributed by atoms with Crippen LogP contribution in [0.3, 0.4) is 0 Å². The second-order valence-corrected chi connectivity index (χ2v) is 6.22. The zero-order valence-electron chi connectivity index (χ0n) is 14.7. The summed E-state index contributed by atoms with van der Waals surface area (Å²) in [5.74, 6) is 0.582. The molecule has 1 fully saturated rings. The third-order valence-corrected chi connectivity index (χ3v) is 4.23. The van der Waals surface area contributed by atoms with Gasteiger partial charge in [-0.05, 0) is 43.2 Å². The molecule has 3 rings (SSSR count). The predicted molar refractivity (Wildman–Crippen MR) is 99.5 cm³/mol. The average Bonchev–Trinajstić information content (AvgIpc) is 2.64. The first-order valence-corrected chi connectivity index (χ1v) is 8.55. The minimum Gasteiger partial charge on any atom is -0.483 e. The van der Waals surface area contributed by atoms with Crippen molar-refractivity contribution in [2.24, 2.45) is 0 Å². The van der Waals surface area contributed by atoms with E-state index in [1.807, 2.05) is 56.3 Å². The molecule has 0 spiro atoms. The highest BCUT2D eigenvalue weighted by Gasteiger charge is 2.16. The van der Waals surface area contributed by atoms with Gasteiger partial charge >= 0.3 is 0 Å². The van der Waals surface area contributed by atoms with Crippen molar-refractivity contribution in [2.45, 2.75) is 13.8 Å². The van der Waals surface area contributed by atoms with Crippen LogP contribution in [-0.2, 0) is 9.53 Å². The number of carbonyl (C=O) groups excluding carboxylic acids is 1. The lowest BCUT2D eigenvalue weighted by molar-refractivity contribution is -0.118. The van der Waals surface area contributed by atoms with Crippen LogP contribution in [0.1, 0.15) is 11.1 Å². The zero-order valence-corrected chi connectivity index (χ0v) is 14.7. The lowest BCUT2D eigenvalue weighted by atomic mass is 10.1. The molecule has 1 saturated heterocycles. The Morgan fingerprint density at radius 1 is 1.16 bits per heavy atom. The maximum atomic E-state index is 12.3. The highest BCUT2D eigenvalue weighted by atomic mass is 16.5. The van der Waals surface area contributed by atoms with E-state index in [-0.39, 0.29) is 12.5 Å². The average molecular weight is 340 g/mol. The first-order valence-electron chi connectivity index (χ1n) is 8.55. The Hall–Kier alpha value is -2.53. The summed E-state index contributed by atoms with van der Waals surface area (Å²) in [5.41, 5.74) is 3.95. The van der Waals surface area contributed by atoms with Gasteiger partial charge in [0.2, 0.25) is 0 Å². The van der Waals surface area contributed by atoms with E-state index in [1.165, 1.54) is 0 Å². The van der Waals surface area contributed by atoms with Gasteiger partial charge < -0.3 is 19.7 Å². The Balaban J connectivity index is 1.64. The van der Waals surface area contributed by atoms with Crippen LogP contribution in [0.4, 0.5) is 11.4 Å². The van der Waals surface area contributed by atoms with Crippen LogP contribution < -0.4 is 15.0 Å². The van der Waals surface area contributed by atoms with E-state index < -0.39 is 0 Å². The molecule has 5 heteroatoms. The van der Waals surface area contributed by atoms with E-state index in [0.717, 1.165) is 41.3 Å². The van der Waals surface area contributed by atoms with Crippen molar-refractivity contribution in [1.29, 1.82) is 0 Å². The van der Waals surface area contributed by atoms with Crippen molar-refractivity contribution in [1.82, 2.24) is 0 Å². The SMILES string of the molecule is Cc1ccc(C)c(OCC(=O)Nc2ccccc2N2CCOCC2)c1. The van der Waals surface area contributed by atoms with Gasteiger partial charge in [-0.15, -0.1) is 0 Å². The van der Waals surface area contributed by atoms with Gasteiger partial charge in [0, 0.05) is 13.1 Å². The molecule has 1 N–H and O–H groups in total. The van der Waals surface area contributed by atoms with Gasteiger partial charge in [0.25, 0.3) is 5.91 Å². The van der Waals surface area contributed by atoms with Crippen molar-refractivity contribution in [2.75, 3.05) is 43.1 Å². The van der Waals surface area contributed by atoms with Gasteiger partial charge in [0.05, 0.1) is 24.6 Å². The Morgan fingerprint density at radius 3 is 2.72 bits per heavy atom. The summed E-state index contributed by atoms with van der Waals surface area (Å²) in [6.45, 7) is 7.03. The van der Waals surface area contributed by atoms with Crippen LogP contribution in [0.25, 0.3) is 0 Å². The zero-order chi connectivity index (χ0) is 17.6. The van der Waals surface area contributed by atoms with Crippen LogP contribution >= 0.6 is 0 Å². The molecule has 132 valence electrons. The van der Waals surface area contributed by atoms with Gasteiger partial charge in [-0.1, -0.05) is 24.3 Å². The molecule has 2 aromatic carbocycles. The van der Waals surface area contributed by atoms with E-state index in [2.05, 4.69) is 10.2 Å². The summed E-state index contributed by atoms with van der Waals surface area (Å²) < 4.78 is 11.1. The van der Waals surface area contributed by atoms with Gasteiger partial charge in [0.1, 0.15) is 5.75 Å². The second-order valence-electron chi connectivity index (χ2n) is 6.22. The topological polar surface area (TPSA) is 50.8 Å². The molecule has 0 unspecified atom stereocenters. The minimum absolute atomic E-state index is 0.0122. The lowest BCUT2D eigenvalue weighted by Crippen LogP contribution is -2.37. The number of nitrogens with zero attached hydrogens (tertiary/aromatic N) is 1. The first-order chi connectivity index (χ1) is 12.1. The Kier molecular flexibility index (Phi) is 5.56. The predicted octanol–water partition coefficient (Wildman–Crippen LogP) is 3.16. The number of nitrogens with one attached hydrogen (secondary N) is 1. The molecule has 0 atom stereocenters. The molecular formula is C20H24N2O3. The number of carbonyl (C=O) groups is 1. The van der Waals surface area contributed by atoms with Gasteiger partial charge in [0.15, 0.2) is 6.61 Å². The summed E-state index contributed by atoms with van der Waals surface area (Å²) in [4.78, 5) is 14.6. The van der Waals surface area contributed by atoms with Crippen molar-refractivity contribution >= 4 is 17.3 Å². The second kappa shape index (κ2) is 8.03. The quantitative estimate of drug-likeness (QED) is 0.908. The van der Waals surface area contributed by atoms with Gasteiger partial charge in [-0.2, -0.15) is 0 Å². The summed E-state index contributed by atoms with van der Waals surface area (Å²) >= 11 is 0. The Morgan fingerprint density at radius 2 is 1.92 bits per heavy atom. The molecule has 1 aliphatic rings. The van der Waals surface area contributed by atoms with Crippen molar-refractivity contribution < 1.29 is 14.3 Å². The lowest BCUT2D eigenvalue weighted by Gasteiger charge is -2.30. The van der Waals surface area contributed by atoms with E-state index >= 15 is 0 Å². The summed E-state index contributed by atoms with van der Waals surface area (Å²) in [6.07, 6.45) is 0. The highest BCUT2D eigenvalue weighted by Crippen LogP contribution is 2.26. The molecule has 25 heavy (non-hydrogen) atoms. The number of benzene rings is 2. The largest absolute Gasteiger partial charge is 0.483 e. The van der Waals surface area contributed by atoms with Crippen LogP contribution in [0.5, 0.6) is 5.75 Å². The molecule has 0 bridgehead atoms. The molecule has 2 aromatic rings. The standard InChI is InChI=1S/C20H24N2O3/c1-15-7-8-16(2)19(13-15)25-14-20(23)21-17-5-3-4-6-18(17)22-9-11-24-12-10-22/h3-8,13H,9-12,14H2,1-2H3,(H,21,23). The fourth-order valence-corrected chi connectivity index (χ4v) is 2.85. The normalized spacial score (nSPS) is 14.2. The summed E-state index contributed by atoms with van der Waals surface area (Å²) in [6, 6.07) is 13.8. The van der Waals surface area contributed by atoms with Crippen molar-refractivity contribution in [3.05, 3.63) is 53.6 Å². The van der Waals surface area contributed by atoms with E-state index in [9.17, 15) is 4.79 Å². The number of amides is 1. The Labute approximate surface area is 148 Å².